The van der Waals surface area contributed by atoms with Crippen molar-refractivity contribution in [2.24, 2.45) is 29.6 Å². The van der Waals surface area contributed by atoms with E-state index < -0.39 is 0 Å². The fraction of sp³-hybridized carbons (Fsp3) is 0.900. The van der Waals surface area contributed by atoms with Crippen molar-refractivity contribution >= 4 is 0 Å². The average molecular weight is 306 g/mol. The molecule has 2 nitrogen and oxygen atoms in total. The molecular formula is C20H34O2. The van der Waals surface area contributed by atoms with Gasteiger partial charge in [0.25, 0.3) is 0 Å². The predicted octanol–water partition coefficient (Wildman–Crippen LogP) is 5.18. The summed E-state index contributed by atoms with van der Waals surface area (Å²) in [4.78, 5) is 0. The normalized spacial score (nSPS) is 44.3. The summed E-state index contributed by atoms with van der Waals surface area (Å²) in [5.41, 5.74) is 0. The van der Waals surface area contributed by atoms with Gasteiger partial charge in [-0.3, -0.25) is 0 Å². The summed E-state index contributed by atoms with van der Waals surface area (Å²) < 4.78 is 11.8. The van der Waals surface area contributed by atoms with Gasteiger partial charge in [-0.25, -0.2) is 0 Å². The molecule has 0 N–H and O–H groups in total. The molecule has 1 heterocycles. The summed E-state index contributed by atoms with van der Waals surface area (Å²) in [7, 11) is 0. The van der Waals surface area contributed by atoms with Gasteiger partial charge >= 0.3 is 0 Å². The van der Waals surface area contributed by atoms with Crippen molar-refractivity contribution in [1.82, 2.24) is 0 Å². The minimum atomic E-state index is 0.0842. The molecule has 0 atom stereocenters. The van der Waals surface area contributed by atoms with Crippen LogP contribution in [0.3, 0.4) is 0 Å². The molecule has 2 heteroatoms. The van der Waals surface area contributed by atoms with Crippen molar-refractivity contribution in [3.63, 3.8) is 0 Å². The summed E-state index contributed by atoms with van der Waals surface area (Å²) in [5.74, 6) is 3.82. The Kier molecular flexibility index (Phi) is 5.98. The van der Waals surface area contributed by atoms with E-state index in [1.54, 1.807) is 0 Å². The molecule has 0 bridgehead atoms. The molecule has 2 saturated carbocycles. The molecule has 1 aliphatic heterocycles. The zero-order chi connectivity index (χ0) is 15.4. The van der Waals surface area contributed by atoms with Gasteiger partial charge in [0, 0.05) is 11.8 Å². The monoisotopic (exact) mass is 306 g/mol. The van der Waals surface area contributed by atoms with Gasteiger partial charge in [0.05, 0.1) is 13.2 Å². The van der Waals surface area contributed by atoms with Gasteiger partial charge in [-0.05, 0) is 56.3 Å². The Hall–Kier alpha value is -0.340. The van der Waals surface area contributed by atoms with Gasteiger partial charge in [-0.15, -0.1) is 0 Å². The Morgan fingerprint density at radius 2 is 1.14 bits per heavy atom. The average Bonchev–Trinajstić information content (AvgIpc) is 2.56. The van der Waals surface area contributed by atoms with Crippen LogP contribution in [0.1, 0.15) is 65.2 Å². The van der Waals surface area contributed by atoms with Gasteiger partial charge in [-0.1, -0.05) is 38.8 Å². The first kappa shape index (κ1) is 16.5. The topological polar surface area (TPSA) is 18.5 Å². The van der Waals surface area contributed by atoms with Crippen molar-refractivity contribution in [2.75, 3.05) is 13.2 Å². The fourth-order valence-electron chi connectivity index (χ4n) is 4.29. The summed E-state index contributed by atoms with van der Waals surface area (Å²) in [6.07, 6.45) is 16.0. The highest BCUT2D eigenvalue weighted by Crippen LogP contribution is 2.35. The van der Waals surface area contributed by atoms with E-state index in [-0.39, 0.29) is 6.29 Å². The van der Waals surface area contributed by atoms with Gasteiger partial charge in [0.1, 0.15) is 0 Å². The number of hydrogen-bond donors (Lipinski definition) is 0. The molecule has 22 heavy (non-hydrogen) atoms. The van der Waals surface area contributed by atoms with Crippen LogP contribution < -0.4 is 0 Å². The molecule has 0 radical (unpaired) electrons. The first-order valence-corrected chi connectivity index (χ1v) is 9.62. The van der Waals surface area contributed by atoms with Crippen LogP contribution in [-0.2, 0) is 9.47 Å². The maximum Gasteiger partial charge on any atom is 0.160 e. The first-order chi connectivity index (χ1) is 10.7. The van der Waals surface area contributed by atoms with Crippen LogP contribution in [0, 0.1) is 29.6 Å². The number of allylic oxidation sites excluding steroid dienone is 2. The molecule has 0 spiro atoms. The third kappa shape index (κ3) is 4.58. The van der Waals surface area contributed by atoms with E-state index in [4.69, 9.17) is 9.47 Å². The Labute approximate surface area is 136 Å². The van der Waals surface area contributed by atoms with Gasteiger partial charge in [-0.2, -0.15) is 0 Å². The fourth-order valence-corrected chi connectivity index (χ4v) is 4.29. The third-order valence-electron chi connectivity index (χ3n) is 6.01. The first-order valence-electron chi connectivity index (χ1n) is 9.62. The molecule has 0 aromatic rings. The van der Waals surface area contributed by atoms with Crippen molar-refractivity contribution in [3.05, 3.63) is 12.2 Å². The van der Waals surface area contributed by atoms with Crippen LogP contribution in [0.2, 0.25) is 0 Å². The van der Waals surface area contributed by atoms with Crippen molar-refractivity contribution < 1.29 is 9.47 Å². The summed E-state index contributed by atoms with van der Waals surface area (Å²) in [5, 5.41) is 0. The number of rotatable bonds is 3. The molecule has 3 rings (SSSR count). The van der Waals surface area contributed by atoms with E-state index in [0.717, 1.165) is 31.0 Å². The van der Waals surface area contributed by atoms with Crippen molar-refractivity contribution in [1.29, 1.82) is 0 Å². The van der Waals surface area contributed by atoms with Crippen molar-refractivity contribution in [3.8, 4) is 0 Å². The second-order valence-electron chi connectivity index (χ2n) is 8.22. The quantitative estimate of drug-likeness (QED) is 0.668. The second kappa shape index (κ2) is 7.97. The van der Waals surface area contributed by atoms with Crippen LogP contribution in [0.4, 0.5) is 0 Å². The number of hydrogen-bond acceptors (Lipinski definition) is 2. The van der Waals surface area contributed by atoms with Crippen LogP contribution in [0.15, 0.2) is 12.2 Å². The van der Waals surface area contributed by atoms with Gasteiger partial charge in [0.2, 0.25) is 0 Å². The van der Waals surface area contributed by atoms with E-state index in [1.807, 2.05) is 0 Å². The van der Waals surface area contributed by atoms with Gasteiger partial charge < -0.3 is 9.47 Å². The Morgan fingerprint density at radius 3 is 1.68 bits per heavy atom. The number of ether oxygens (including phenoxy) is 2. The Balaban J connectivity index is 1.38. The molecule has 3 aliphatic rings. The minimum absolute atomic E-state index is 0.0842. The predicted molar refractivity (Wildman–Crippen MR) is 90.6 cm³/mol. The smallest absolute Gasteiger partial charge is 0.160 e. The lowest BCUT2D eigenvalue weighted by atomic mass is 9.79. The Bertz CT molecular complexity index is 341. The SMILES string of the molecule is CC1CCC(/C=C/C2CCC(C3OCC(C)CO3)CC2)CC1. The lowest BCUT2D eigenvalue weighted by molar-refractivity contribution is -0.226. The van der Waals surface area contributed by atoms with E-state index in [2.05, 4.69) is 26.0 Å². The van der Waals surface area contributed by atoms with E-state index >= 15 is 0 Å². The van der Waals surface area contributed by atoms with E-state index in [0.29, 0.717) is 11.8 Å². The largest absolute Gasteiger partial charge is 0.352 e. The summed E-state index contributed by atoms with van der Waals surface area (Å²) >= 11 is 0. The highest BCUT2D eigenvalue weighted by atomic mass is 16.7. The highest BCUT2D eigenvalue weighted by Gasteiger charge is 2.31. The highest BCUT2D eigenvalue weighted by molar-refractivity contribution is 4.96. The molecule has 0 unspecified atom stereocenters. The minimum Gasteiger partial charge on any atom is -0.352 e. The van der Waals surface area contributed by atoms with Crippen LogP contribution in [0.5, 0.6) is 0 Å². The zero-order valence-electron chi connectivity index (χ0n) is 14.5. The van der Waals surface area contributed by atoms with E-state index in [9.17, 15) is 0 Å². The molecule has 2 aliphatic carbocycles. The Morgan fingerprint density at radius 1 is 0.636 bits per heavy atom. The lowest BCUT2D eigenvalue weighted by Gasteiger charge is -2.36. The third-order valence-corrected chi connectivity index (χ3v) is 6.01. The molecule has 1 saturated heterocycles. The zero-order valence-corrected chi connectivity index (χ0v) is 14.5. The van der Waals surface area contributed by atoms with Crippen molar-refractivity contribution in [2.45, 2.75) is 71.5 Å². The second-order valence-corrected chi connectivity index (χ2v) is 8.22. The summed E-state index contributed by atoms with van der Waals surface area (Å²) in [6, 6.07) is 0. The lowest BCUT2D eigenvalue weighted by Crippen LogP contribution is -2.37. The van der Waals surface area contributed by atoms with Crippen LogP contribution in [0.25, 0.3) is 0 Å². The van der Waals surface area contributed by atoms with Crippen LogP contribution in [-0.4, -0.2) is 19.5 Å². The van der Waals surface area contributed by atoms with E-state index in [1.165, 1.54) is 51.4 Å². The molecular weight excluding hydrogens is 272 g/mol. The molecule has 0 amide bonds. The maximum absolute atomic E-state index is 5.89. The standard InChI is InChI=1S/C20H34O2/c1-15-3-5-17(6-4-15)7-8-18-9-11-19(12-10-18)20-21-13-16(2)14-22-20/h7-8,15-20H,3-6,9-14H2,1-2H3/b8-7+. The maximum atomic E-state index is 5.89. The molecule has 0 aromatic carbocycles. The van der Waals surface area contributed by atoms with Gasteiger partial charge in [0.15, 0.2) is 6.29 Å². The summed E-state index contributed by atoms with van der Waals surface area (Å²) in [6.45, 7) is 6.36. The molecule has 0 aromatic heterocycles. The van der Waals surface area contributed by atoms with Crippen LogP contribution >= 0.6 is 0 Å². The molecule has 126 valence electrons. The molecule has 3 fully saturated rings.